The van der Waals surface area contributed by atoms with E-state index in [-0.39, 0.29) is 17.4 Å². The Morgan fingerprint density at radius 1 is 1.32 bits per heavy atom. The predicted molar refractivity (Wildman–Crippen MR) is 89.8 cm³/mol. The molecule has 0 saturated carbocycles. The summed E-state index contributed by atoms with van der Waals surface area (Å²) in [5.41, 5.74) is 2.61. The third kappa shape index (κ3) is 3.09. The summed E-state index contributed by atoms with van der Waals surface area (Å²) in [5.74, 6) is 0.245. The Hall–Kier alpha value is -1.61. The highest BCUT2D eigenvalue weighted by atomic mass is 16.2. The van der Waals surface area contributed by atoms with E-state index in [0.717, 1.165) is 44.5 Å². The van der Waals surface area contributed by atoms with E-state index in [1.54, 1.807) is 0 Å². The summed E-state index contributed by atoms with van der Waals surface area (Å²) in [4.78, 5) is 14.9. The number of hydrogen-bond acceptors (Lipinski definition) is 2. The molecule has 1 spiro atoms. The van der Waals surface area contributed by atoms with Crippen LogP contribution in [-0.4, -0.2) is 36.0 Å². The number of nitrogens with one attached hydrogen (secondary N) is 1. The number of benzene rings is 1. The van der Waals surface area contributed by atoms with E-state index in [4.69, 9.17) is 0 Å². The molecule has 1 aromatic rings. The van der Waals surface area contributed by atoms with Crippen molar-refractivity contribution in [3.8, 4) is 0 Å². The monoisotopic (exact) mass is 298 g/mol. The molecule has 0 aliphatic carbocycles. The average molecular weight is 298 g/mol. The first kappa shape index (κ1) is 15.3. The first-order valence-electron chi connectivity index (χ1n) is 8.33. The largest absolute Gasteiger partial charge is 0.350 e. The standard InChI is InChI=1S/C19H26N2O/c1-3-15(2)14-21-11-9-19(10-12-21)13-17(18(22)20-19)16-7-5-4-6-8-16/h3-8,17H,9-14H2,1-2H3,(H,20,22)/b15-3+/t17-/m0/s1. The molecule has 22 heavy (non-hydrogen) atoms. The average Bonchev–Trinajstić information content (AvgIpc) is 2.87. The van der Waals surface area contributed by atoms with Gasteiger partial charge in [-0.05, 0) is 38.7 Å². The van der Waals surface area contributed by atoms with Gasteiger partial charge < -0.3 is 5.32 Å². The van der Waals surface area contributed by atoms with Crippen molar-refractivity contribution < 1.29 is 4.79 Å². The molecule has 118 valence electrons. The zero-order valence-electron chi connectivity index (χ0n) is 13.6. The first-order chi connectivity index (χ1) is 10.6. The molecule has 2 aliphatic heterocycles. The number of hydrogen-bond donors (Lipinski definition) is 1. The lowest BCUT2D eigenvalue weighted by Gasteiger charge is -2.39. The van der Waals surface area contributed by atoms with Gasteiger partial charge >= 0.3 is 0 Å². The number of amides is 1. The minimum atomic E-state index is 0.0257. The number of carbonyl (C=O) groups excluding carboxylic acids is 1. The van der Waals surface area contributed by atoms with Gasteiger partial charge in [0.05, 0.1) is 5.92 Å². The lowest BCUT2D eigenvalue weighted by atomic mass is 9.82. The quantitative estimate of drug-likeness (QED) is 0.870. The molecule has 0 unspecified atom stereocenters. The van der Waals surface area contributed by atoms with Crippen LogP contribution in [0.5, 0.6) is 0 Å². The number of carbonyl (C=O) groups is 1. The van der Waals surface area contributed by atoms with Gasteiger partial charge in [0.1, 0.15) is 0 Å². The molecule has 0 bridgehead atoms. The van der Waals surface area contributed by atoms with E-state index < -0.39 is 0 Å². The molecule has 3 heteroatoms. The van der Waals surface area contributed by atoms with Crippen molar-refractivity contribution >= 4 is 5.91 Å². The third-order valence-electron chi connectivity index (χ3n) is 5.28. The van der Waals surface area contributed by atoms with Crippen LogP contribution in [0.25, 0.3) is 0 Å². The maximum Gasteiger partial charge on any atom is 0.228 e. The van der Waals surface area contributed by atoms with Crippen molar-refractivity contribution in [1.82, 2.24) is 10.2 Å². The molecule has 1 amide bonds. The lowest BCUT2D eigenvalue weighted by Crippen LogP contribution is -2.51. The Balaban J connectivity index is 1.64. The maximum absolute atomic E-state index is 12.4. The van der Waals surface area contributed by atoms with Crippen molar-refractivity contribution in [3.05, 3.63) is 47.5 Å². The van der Waals surface area contributed by atoms with E-state index in [2.05, 4.69) is 42.3 Å². The van der Waals surface area contributed by atoms with Crippen LogP contribution in [-0.2, 0) is 4.79 Å². The highest BCUT2D eigenvalue weighted by Crippen LogP contribution is 2.39. The molecule has 2 fully saturated rings. The van der Waals surface area contributed by atoms with E-state index in [9.17, 15) is 4.79 Å². The van der Waals surface area contributed by atoms with Crippen LogP contribution in [0.15, 0.2) is 42.0 Å². The van der Waals surface area contributed by atoms with Gasteiger partial charge in [0.25, 0.3) is 0 Å². The van der Waals surface area contributed by atoms with E-state index >= 15 is 0 Å². The van der Waals surface area contributed by atoms with Gasteiger partial charge in [-0.15, -0.1) is 0 Å². The summed E-state index contributed by atoms with van der Waals surface area (Å²) >= 11 is 0. The molecule has 2 saturated heterocycles. The summed E-state index contributed by atoms with van der Waals surface area (Å²) in [7, 11) is 0. The van der Waals surface area contributed by atoms with Crippen molar-refractivity contribution in [3.63, 3.8) is 0 Å². The van der Waals surface area contributed by atoms with Gasteiger partial charge in [-0.25, -0.2) is 0 Å². The fraction of sp³-hybridized carbons (Fsp3) is 0.526. The van der Waals surface area contributed by atoms with Crippen LogP contribution in [0.2, 0.25) is 0 Å². The second-order valence-corrected chi connectivity index (χ2v) is 6.85. The van der Waals surface area contributed by atoms with Crippen LogP contribution in [0.3, 0.4) is 0 Å². The van der Waals surface area contributed by atoms with Gasteiger partial charge in [0.2, 0.25) is 5.91 Å². The highest BCUT2D eigenvalue weighted by molar-refractivity contribution is 5.87. The first-order valence-corrected chi connectivity index (χ1v) is 8.33. The summed E-state index contributed by atoms with van der Waals surface area (Å²) in [5, 5.41) is 3.33. The van der Waals surface area contributed by atoms with Crippen LogP contribution in [0, 0.1) is 0 Å². The molecule has 3 nitrogen and oxygen atoms in total. The Bertz CT molecular complexity index is 556. The second kappa shape index (κ2) is 6.25. The number of nitrogens with zero attached hydrogens (tertiary/aromatic N) is 1. The zero-order valence-corrected chi connectivity index (χ0v) is 13.6. The van der Waals surface area contributed by atoms with E-state index in [1.165, 1.54) is 5.57 Å². The maximum atomic E-state index is 12.4. The Morgan fingerprint density at radius 2 is 2.00 bits per heavy atom. The fourth-order valence-electron chi connectivity index (χ4n) is 3.75. The van der Waals surface area contributed by atoms with Gasteiger partial charge in [-0.1, -0.05) is 42.0 Å². The Labute approximate surface area is 133 Å². The SMILES string of the molecule is C/C=C(\C)CN1CCC2(CC1)C[C@@H](c1ccccc1)C(=O)N2. The van der Waals surface area contributed by atoms with Crippen molar-refractivity contribution in [1.29, 1.82) is 0 Å². The van der Waals surface area contributed by atoms with E-state index in [1.807, 2.05) is 18.2 Å². The topological polar surface area (TPSA) is 32.3 Å². The highest BCUT2D eigenvalue weighted by Gasteiger charge is 2.45. The summed E-state index contributed by atoms with van der Waals surface area (Å²) in [6.07, 6.45) is 5.28. The zero-order chi connectivity index (χ0) is 15.6. The molecule has 0 radical (unpaired) electrons. The summed E-state index contributed by atoms with van der Waals surface area (Å²) < 4.78 is 0. The number of likely N-dealkylation sites (tertiary alicyclic amines) is 1. The minimum Gasteiger partial charge on any atom is -0.350 e. The Morgan fingerprint density at radius 3 is 2.64 bits per heavy atom. The van der Waals surface area contributed by atoms with Crippen molar-refractivity contribution in [2.75, 3.05) is 19.6 Å². The molecule has 1 atom stereocenters. The smallest absolute Gasteiger partial charge is 0.228 e. The Kier molecular flexibility index (Phi) is 4.34. The van der Waals surface area contributed by atoms with Crippen molar-refractivity contribution in [2.24, 2.45) is 0 Å². The summed E-state index contributed by atoms with van der Waals surface area (Å²) in [6.45, 7) is 7.50. The number of rotatable bonds is 3. The van der Waals surface area contributed by atoms with Crippen molar-refractivity contribution in [2.45, 2.75) is 44.6 Å². The minimum absolute atomic E-state index is 0.0257. The second-order valence-electron chi connectivity index (χ2n) is 6.85. The van der Waals surface area contributed by atoms with E-state index in [0.29, 0.717) is 0 Å². The van der Waals surface area contributed by atoms with Crippen LogP contribution >= 0.6 is 0 Å². The molecule has 2 heterocycles. The van der Waals surface area contributed by atoms with Gasteiger partial charge in [-0.2, -0.15) is 0 Å². The molecule has 1 N–H and O–H groups in total. The van der Waals surface area contributed by atoms with Gasteiger partial charge in [0, 0.05) is 25.2 Å². The van der Waals surface area contributed by atoms with Gasteiger partial charge in [-0.3, -0.25) is 9.69 Å². The fourth-order valence-corrected chi connectivity index (χ4v) is 3.75. The number of piperidine rings is 1. The molecule has 3 rings (SSSR count). The van der Waals surface area contributed by atoms with Gasteiger partial charge in [0.15, 0.2) is 0 Å². The molecule has 0 aromatic heterocycles. The van der Waals surface area contributed by atoms with Crippen LogP contribution in [0.4, 0.5) is 0 Å². The van der Waals surface area contributed by atoms with Crippen LogP contribution in [0.1, 0.15) is 44.6 Å². The molecule has 2 aliphatic rings. The third-order valence-corrected chi connectivity index (χ3v) is 5.28. The number of allylic oxidation sites excluding steroid dienone is 1. The molecular weight excluding hydrogens is 272 g/mol. The summed E-state index contributed by atoms with van der Waals surface area (Å²) in [6, 6.07) is 10.2. The molecule has 1 aromatic carbocycles. The lowest BCUT2D eigenvalue weighted by molar-refractivity contribution is -0.121. The van der Waals surface area contributed by atoms with Crippen LogP contribution < -0.4 is 5.32 Å². The normalized spacial score (nSPS) is 25.5. The molecular formula is C19H26N2O. The predicted octanol–water partition coefficient (Wildman–Crippen LogP) is 3.09.